The van der Waals surface area contributed by atoms with Gasteiger partial charge in [-0.25, -0.2) is 9.37 Å². The molecule has 1 fully saturated rings. The summed E-state index contributed by atoms with van der Waals surface area (Å²) < 4.78 is 26.5. The van der Waals surface area contributed by atoms with Crippen molar-refractivity contribution in [3.63, 3.8) is 0 Å². The van der Waals surface area contributed by atoms with Crippen molar-refractivity contribution in [3.05, 3.63) is 71.1 Å². The van der Waals surface area contributed by atoms with Crippen molar-refractivity contribution in [1.29, 1.82) is 5.41 Å². The van der Waals surface area contributed by atoms with Gasteiger partial charge in [0.2, 0.25) is 0 Å². The maximum atomic E-state index is 15.6. The predicted octanol–water partition coefficient (Wildman–Crippen LogP) is 5.49. The van der Waals surface area contributed by atoms with Crippen LogP contribution in [0.25, 0.3) is 0 Å². The van der Waals surface area contributed by atoms with E-state index in [1.54, 1.807) is 24.3 Å². The fourth-order valence-corrected chi connectivity index (χ4v) is 4.53. The lowest BCUT2D eigenvalue weighted by molar-refractivity contribution is 0.331. The minimum Gasteiger partial charge on any atom is -0.494 e. The number of halogens is 1. The predicted molar refractivity (Wildman–Crippen MR) is 131 cm³/mol. The van der Waals surface area contributed by atoms with Gasteiger partial charge in [0.25, 0.3) is 0 Å². The molecule has 0 spiro atoms. The number of ether oxygens (including phenoxy) is 2. The number of nitrogens with zero attached hydrogens (tertiary/aromatic N) is 1. The molecule has 5 N–H and O–H groups in total. The molecule has 7 nitrogen and oxygen atoms in total. The number of amidine groups is 1. The van der Waals surface area contributed by atoms with Gasteiger partial charge in [0.15, 0.2) is 11.6 Å². The molecule has 0 saturated heterocycles. The highest BCUT2D eigenvalue weighted by Gasteiger charge is 2.26. The Morgan fingerprint density at radius 2 is 1.97 bits per heavy atom. The van der Waals surface area contributed by atoms with E-state index in [2.05, 4.69) is 15.3 Å². The maximum Gasteiger partial charge on any atom is 0.171 e. The number of aromatic nitrogens is 2. The third-order valence-electron chi connectivity index (χ3n) is 6.32. The summed E-state index contributed by atoms with van der Waals surface area (Å²) in [4.78, 5) is 8.13. The maximum absolute atomic E-state index is 15.6. The molecule has 1 aromatic heterocycles. The summed E-state index contributed by atoms with van der Waals surface area (Å²) in [6, 6.07) is 9.76. The normalized spacial score (nSPS) is 15.0. The highest BCUT2D eigenvalue weighted by molar-refractivity contribution is 5.95. The molecule has 1 aliphatic carbocycles. The fraction of sp³-hybridized carbons (Fsp3) is 0.385. The first kappa shape index (κ1) is 23.6. The second kappa shape index (κ2) is 10.6. The van der Waals surface area contributed by atoms with Crippen molar-refractivity contribution in [2.45, 2.75) is 51.0 Å². The second-order valence-electron chi connectivity index (χ2n) is 8.59. The number of nitrogens with two attached hydrogens (primary N) is 1. The molecule has 8 heteroatoms. The van der Waals surface area contributed by atoms with Crippen LogP contribution in [0.3, 0.4) is 0 Å². The largest absolute Gasteiger partial charge is 0.494 e. The van der Waals surface area contributed by atoms with Gasteiger partial charge in [-0.3, -0.25) is 5.41 Å². The summed E-state index contributed by atoms with van der Waals surface area (Å²) >= 11 is 0. The van der Waals surface area contributed by atoms with Gasteiger partial charge >= 0.3 is 0 Å². The Hall–Kier alpha value is -3.55. The van der Waals surface area contributed by atoms with Crippen LogP contribution in [0, 0.1) is 11.2 Å². The molecule has 0 aliphatic heterocycles. The first-order valence-corrected chi connectivity index (χ1v) is 11.8. The van der Waals surface area contributed by atoms with Crippen LogP contribution < -0.4 is 20.5 Å². The summed E-state index contributed by atoms with van der Waals surface area (Å²) in [6.45, 7) is 2.33. The number of nitrogens with one attached hydrogen (secondary N) is 3. The Labute approximate surface area is 199 Å². The molecule has 1 unspecified atom stereocenters. The molecule has 1 atom stereocenters. The molecular weight excluding hydrogens is 433 g/mol. The Kier molecular flexibility index (Phi) is 7.35. The molecule has 1 saturated carbocycles. The van der Waals surface area contributed by atoms with Gasteiger partial charge in [0.05, 0.1) is 13.7 Å². The van der Waals surface area contributed by atoms with E-state index in [4.69, 9.17) is 20.6 Å². The quantitative estimate of drug-likeness (QED) is 0.247. The van der Waals surface area contributed by atoms with Crippen LogP contribution in [-0.2, 0) is 0 Å². The molecule has 1 aliphatic rings. The smallest absolute Gasteiger partial charge is 0.171 e. The first-order chi connectivity index (χ1) is 16.5. The number of benzene rings is 2. The lowest BCUT2D eigenvalue weighted by atomic mass is 9.87. The van der Waals surface area contributed by atoms with E-state index < -0.39 is 11.9 Å². The molecule has 34 heavy (non-hydrogen) atoms. The summed E-state index contributed by atoms with van der Waals surface area (Å²) in [5, 5.41) is 11.0. The summed E-state index contributed by atoms with van der Waals surface area (Å²) in [5.41, 5.74) is 8.40. The Balaban J connectivity index is 1.75. The van der Waals surface area contributed by atoms with Crippen LogP contribution >= 0.6 is 0 Å². The van der Waals surface area contributed by atoms with Crippen molar-refractivity contribution in [3.8, 4) is 11.5 Å². The highest BCUT2D eigenvalue weighted by atomic mass is 19.1. The van der Waals surface area contributed by atoms with E-state index in [1.807, 2.05) is 25.3 Å². The van der Waals surface area contributed by atoms with Crippen LogP contribution in [0.15, 0.2) is 42.6 Å². The zero-order valence-electron chi connectivity index (χ0n) is 19.7. The SMILES string of the molecule is CCOc1cc(OC)c(F)c(C(Nc2ccc(C(=N)N)cc2)c2ncc(C3CCCCC3)[nH]2)c1. The van der Waals surface area contributed by atoms with Gasteiger partial charge < -0.3 is 25.5 Å². The van der Waals surface area contributed by atoms with Crippen molar-refractivity contribution >= 4 is 11.5 Å². The third kappa shape index (κ3) is 5.16. The van der Waals surface area contributed by atoms with Crippen LogP contribution in [0.2, 0.25) is 0 Å². The van der Waals surface area contributed by atoms with Crippen molar-refractivity contribution in [2.75, 3.05) is 19.0 Å². The number of nitrogen functional groups attached to an aromatic ring is 1. The zero-order valence-corrected chi connectivity index (χ0v) is 19.7. The molecule has 0 bridgehead atoms. The summed E-state index contributed by atoms with van der Waals surface area (Å²) in [5.74, 6) is 1.21. The standard InChI is InChI=1S/C26H32FN5O2/c1-3-34-19-13-20(23(27)22(14-19)33-2)24(31-18-11-9-17(10-12-18)25(28)29)26-30-15-21(32-26)16-7-5-4-6-8-16/h9-16,24,31H,3-8H2,1-2H3,(H3,28,29)(H,30,32). The molecule has 1 heterocycles. The van der Waals surface area contributed by atoms with Gasteiger partial charge in [-0.05, 0) is 50.1 Å². The minimum atomic E-state index is -0.616. The zero-order chi connectivity index (χ0) is 24.1. The molecule has 4 rings (SSSR count). The monoisotopic (exact) mass is 465 g/mol. The van der Waals surface area contributed by atoms with Gasteiger partial charge in [0.1, 0.15) is 23.5 Å². The number of aromatic amines is 1. The lowest BCUT2D eigenvalue weighted by Gasteiger charge is -2.22. The molecule has 0 radical (unpaired) electrons. The van der Waals surface area contributed by atoms with E-state index in [-0.39, 0.29) is 11.6 Å². The van der Waals surface area contributed by atoms with E-state index in [0.717, 1.165) is 24.2 Å². The minimum absolute atomic E-state index is 0.00791. The Morgan fingerprint density at radius 3 is 2.62 bits per heavy atom. The van der Waals surface area contributed by atoms with Crippen LogP contribution in [0.4, 0.5) is 10.1 Å². The number of anilines is 1. The second-order valence-corrected chi connectivity index (χ2v) is 8.59. The van der Waals surface area contributed by atoms with E-state index in [1.165, 1.54) is 26.4 Å². The van der Waals surface area contributed by atoms with Crippen LogP contribution in [-0.4, -0.2) is 29.5 Å². The van der Waals surface area contributed by atoms with Crippen LogP contribution in [0.1, 0.15) is 73.6 Å². The molecular formula is C26H32FN5O2. The number of hydrogen-bond acceptors (Lipinski definition) is 5. The van der Waals surface area contributed by atoms with Crippen LogP contribution in [0.5, 0.6) is 11.5 Å². The lowest BCUT2D eigenvalue weighted by Crippen LogP contribution is -2.17. The van der Waals surface area contributed by atoms with E-state index >= 15 is 4.39 Å². The average molecular weight is 466 g/mol. The van der Waals surface area contributed by atoms with Gasteiger partial charge in [0, 0.05) is 40.7 Å². The highest BCUT2D eigenvalue weighted by Crippen LogP contribution is 2.37. The molecule has 0 amide bonds. The fourth-order valence-electron chi connectivity index (χ4n) is 4.53. The topological polar surface area (TPSA) is 109 Å². The summed E-state index contributed by atoms with van der Waals surface area (Å²) in [7, 11) is 1.44. The van der Waals surface area contributed by atoms with E-state index in [9.17, 15) is 0 Å². The van der Waals surface area contributed by atoms with Crippen molar-refractivity contribution < 1.29 is 13.9 Å². The Morgan fingerprint density at radius 1 is 1.24 bits per heavy atom. The van der Waals surface area contributed by atoms with E-state index in [0.29, 0.717) is 35.2 Å². The van der Waals surface area contributed by atoms with Crippen molar-refractivity contribution in [1.82, 2.24) is 9.97 Å². The molecule has 2 aromatic carbocycles. The summed E-state index contributed by atoms with van der Waals surface area (Å²) in [6.07, 6.45) is 7.84. The van der Waals surface area contributed by atoms with Gasteiger partial charge in [-0.15, -0.1) is 0 Å². The number of imidazole rings is 1. The number of H-pyrrole nitrogens is 1. The third-order valence-corrected chi connectivity index (χ3v) is 6.32. The van der Waals surface area contributed by atoms with Gasteiger partial charge in [-0.2, -0.15) is 0 Å². The number of methoxy groups -OCH3 is 1. The van der Waals surface area contributed by atoms with Gasteiger partial charge in [-0.1, -0.05) is 19.3 Å². The Bertz CT molecular complexity index is 1120. The number of hydrogen-bond donors (Lipinski definition) is 4. The number of rotatable bonds is 9. The molecule has 180 valence electrons. The first-order valence-electron chi connectivity index (χ1n) is 11.8. The molecule has 3 aromatic rings. The average Bonchev–Trinajstić information content (AvgIpc) is 3.35. The van der Waals surface area contributed by atoms with Crippen molar-refractivity contribution in [2.24, 2.45) is 5.73 Å².